The van der Waals surface area contributed by atoms with Crippen LogP contribution in [0.1, 0.15) is 67.2 Å². The van der Waals surface area contributed by atoms with E-state index in [-0.39, 0.29) is 5.92 Å². The maximum absolute atomic E-state index is 10.5. The average molecular weight is 633 g/mol. The van der Waals surface area contributed by atoms with Crippen molar-refractivity contribution in [1.29, 1.82) is 10.5 Å². The summed E-state index contributed by atoms with van der Waals surface area (Å²) in [6.45, 7) is 2.21. The summed E-state index contributed by atoms with van der Waals surface area (Å²) < 4.78 is 2.37. The van der Waals surface area contributed by atoms with E-state index >= 15 is 0 Å². The number of hydrogen-bond donors (Lipinski definition) is 1. The van der Waals surface area contributed by atoms with E-state index in [1.807, 2.05) is 12.1 Å². The van der Waals surface area contributed by atoms with E-state index in [2.05, 4.69) is 144 Å². The lowest BCUT2D eigenvalue weighted by molar-refractivity contribution is 0.834. The molecule has 0 spiro atoms. The zero-order chi connectivity index (χ0) is 33.3. The van der Waals surface area contributed by atoms with Gasteiger partial charge < -0.3 is 9.88 Å². The van der Waals surface area contributed by atoms with Crippen LogP contribution in [0, 0.1) is 22.7 Å². The lowest BCUT2D eigenvalue weighted by atomic mass is 9.84. The van der Waals surface area contributed by atoms with Gasteiger partial charge in [-0.1, -0.05) is 103 Å². The molecule has 0 radical (unpaired) electrons. The van der Waals surface area contributed by atoms with E-state index in [0.29, 0.717) is 11.1 Å². The molecule has 1 N–H and O–H groups in total. The van der Waals surface area contributed by atoms with Crippen molar-refractivity contribution in [2.75, 3.05) is 5.32 Å². The summed E-state index contributed by atoms with van der Waals surface area (Å²) in [5, 5.41) is 27.0. The van der Waals surface area contributed by atoms with E-state index in [0.717, 1.165) is 60.2 Å². The van der Waals surface area contributed by atoms with Gasteiger partial charge in [0.25, 0.3) is 0 Å². The van der Waals surface area contributed by atoms with Gasteiger partial charge in [0.15, 0.2) is 0 Å². The molecule has 1 heterocycles. The van der Waals surface area contributed by atoms with E-state index in [1.165, 1.54) is 44.2 Å². The molecule has 1 unspecified atom stereocenters. The number of aromatic nitrogens is 1. The van der Waals surface area contributed by atoms with Crippen LogP contribution in [0.5, 0.6) is 0 Å². The fourth-order valence-corrected chi connectivity index (χ4v) is 7.80. The number of hydrogen-bond acceptors (Lipinski definition) is 3. The van der Waals surface area contributed by atoms with Gasteiger partial charge in [0.1, 0.15) is 0 Å². The third-order valence-corrected chi connectivity index (χ3v) is 10.2. The highest BCUT2D eigenvalue weighted by Crippen LogP contribution is 2.41. The Balaban J connectivity index is 1.16. The Bertz CT molecular complexity index is 2370. The molecule has 0 saturated heterocycles. The SMILES string of the molecule is CC1=C(c2ccccc2NC2=C(c3ccc(C4C=CC=C(n5c6ccccc6c6ccccc65)C4)c(C#N)c3)C(C#N)=CCC2)C=CCC1. The Labute approximate surface area is 287 Å². The number of nitriles is 2. The summed E-state index contributed by atoms with van der Waals surface area (Å²) >= 11 is 0. The Hall–Kier alpha value is -6.10. The molecule has 1 atom stereocenters. The Kier molecular flexibility index (Phi) is 7.92. The van der Waals surface area contributed by atoms with Crippen LogP contribution in [-0.4, -0.2) is 4.57 Å². The van der Waals surface area contributed by atoms with Crippen LogP contribution < -0.4 is 5.32 Å². The second-order valence-electron chi connectivity index (χ2n) is 13.1. The number of para-hydroxylation sites is 3. The molecular weight excluding hydrogens is 597 g/mol. The molecule has 5 aromatic rings. The first-order valence-corrected chi connectivity index (χ1v) is 17.1. The van der Waals surface area contributed by atoms with Gasteiger partial charge in [0, 0.05) is 44.9 Å². The Morgan fingerprint density at radius 1 is 0.816 bits per heavy atom. The summed E-state index contributed by atoms with van der Waals surface area (Å²) in [6.07, 6.45) is 17.5. The molecule has 3 aliphatic carbocycles. The normalized spacial score (nSPS) is 17.6. The molecule has 8 rings (SSSR count). The highest BCUT2D eigenvalue weighted by molar-refractivity contribution is 6.10. The van der Waals surface area contributed by atoms with Crippen molar-refractivity contribution in [2.24, 2.45) is 0 Å². The van der Waals surface area contributed by atoms with Crippen molar-refractivity contribution in [3.8, 4) is 12.1 Å². The summed E-state index contributed by atoms with van der Waals surface area (Å²) in [6, 6.07) is 36.7. The van der Waals surface area contributed by atoms with Gasteiger partial charge in [-0.15, -0.1) is 0 Å². The average Bonchev–Trinajstić information content (AvgIpc) is 3.49. The minimum absolute atomic E-state index is 0.0412. The lowest BCUT2D eigenvalue weighted by Crippen LogP contribution is -2.11. The predicted octanol–water partition coefficient (Wildman–Crippen LogP) is 11.4. The zero-order valence-corrected chi connectivity index (χ0v) is 27.6. The zero-order valence-electron chi connectivity index (χ0n) is 27.6. The molecule has 0 aliphatic heterocycles. The quantitative estimate of drug-likeness (QED) is 0.203. The highest BCUT2D eigenvalue weighted by Gasteiger charge is 2.24. The molecule has 4 heteroatoms. The van der Waals surface area contributed by atoms with Crippen LogP contribution in [0.3, 0.4) is 0 Å². The van der Waals surface area contributed by atoms with E-state index in [1.54, 1.807) is 0 Å². The van der Waals surface area contributed by atoms with Crippen LogP contribution in [0.4, 0.5) is 5.69 Å². The van der Waals surface area contributed by atoms with Crippen LogP contribution >= 0.6 is 0 Å². The number of rotatable bonds is 6. The van der Waals surface area contributed by atoms with Gasteiger partial charge >= 0.3 is 0 Å². The van der Waals surface area contributed by atoms with Crippen molar-refractivity contribution >= 4 is 44.3 Å². The van der Waals surface area contributed by atoms with E-state index in [4.69, 9.17) is 0 Å². The van der Waals surface area contributed by atoms with E-state index < -0.39 is 0 Å². The fraction of sp³-hybridized carbons (Fsp3) is 0.156. The maximum atomic E-state index is 10.5. The largest absolute Gasteiger partial charge is 0.358 e. The van der Waals surface area contributed by atoms with Crippen molar-refractivity contribution < 1.29 is 0 Å². The van der Waals surface area contributed by atoms with Crippen LogP contribution in [-0.2, 0) is 0 Å². The number of fused-ring (bicyclic) bond motifs is 3. The Morgan fingerprint density at radius 3 is 2.33 bits per heavy atom. The van der Waals surface area contributed by atoms with E-state index in [9.17, 15) is 10.5 Å². The van der Waals surface area contributed by atoms with Gasteiger partial charge in [-0.05, 0) is 86.1 Å². The second kappa shape index (κ2) is 12.8. The topological polar surface area (TPSA) is 64.5 Å². The van der Waals surface area contributed by atoms with Gasteiger partial charge in [0.2, 0.25) is 0 Å². The first-order chi connectivity index (χ1) is 24.1. The third-order valence-electron chi connectivity index (χ3n) is 10.2. The molecule has 3 aliphatic rings. The second-order valence-corrected chi connectivity index (χ2v) is 13.1. The molecule has 0 saturated carbocycles. The number of allylic oxidation sites excluding steroid dienone is 12. The lowest BCUT2D eigenvalue weighted by Gasteiger charge is -2.25. The van der Waals surface area contributed by atoms with Crippen LogP contribution in [0.15, 0.2) is 144 Å². The van der Waals surface area contributed by atoms with Gasteiger partial charge in [-0.2, -0.15) is 10.5 Å². The molecule has 1 aromatic heterocycles. The van der Waals surface area contributed by atoms with Crippen LogP contribution in [0.25, 0.3) is 38.6 Å². The number of nitrogens with zero attached hydrogens (tertiary/aromatic N) is 3. The van der Waals surface area contributed by atoms with Crippen molar-refractivity contribution in [1.82, 2.24) is 4.57 Å². The van der Waals surface area contributed by atoms with Crippen molar-refractivity contribution in [3.05, 3.63) is 167 Å². The summed E-state index contributed by atoms with van der Waals surface area (Å²) in [5.41, 5.74) is 13.5. The van der Waals surface area contributed by atoms with Crippen LogP contribution in [0.2, 0.25) is 0 Å². The standard InChI is InChI=1S/C45H36N4/c1-30-12-2-3-16-36(30)38-17-4-7-20-41(38)48-42-21-11-14-33(28-46)45(42)32-24-25-37(34(26-32)29-47)31-13-10-15-35(27-31)49-43-22-8-5-18-39(43)40-19-6-9-23-44(40)49/h3-10,13-20,22-26,31,48H,2,11-12,21,27H2,1H3. The highest BCUT2D eigenvalue weighted by atomic mass is 15.0. The number of benzene rings is 4. The van der Waals surface area contributed by atoms with Crippen molar-refractivity contribution in [2.45, 2.75) is 44.9 Å². The first kappa shape index (κ1) is 30.2. The van der Waals surface area contributed by atoms with Gasteiger partial charge in [0.05, 0.1) is 34.3 Å². The maximum Gasteiger partial charge on any atom is 0.0995 e. The molecule has 49 heavy (non-hydrogen) atoms. The fourth-order valence-electron chi connectivity index (χ4n) is 7.80. The molecule has 0 bridgehead atoms. The molecule has 4 aromatic carbocycles. The molecule has 236 valence electrons. The summed E-state index contributed by atoms with van der Waals surface area (Å²) in [5.74, 6) is 0.0412. The summed E-state index contributed by atoms with van der Waals surface area (Å²) in [4.78, 5) is 0. The van der Waals surface area contributed by atoms with Crippen molar-refractivity contribution in [3.63, 3.8) is 0 Å². The van der Waals surface area contributed by atoms with Gasteiger partial charge in [-0.3, -0.25) is 0 Å². The molecular formula is C45H36N4. The smallest absolute Gasteiger partial charge is 0.0995 e. The monoisotopic (exact) mass is 632 g/mol. The predicted molar refractivity (Wildman–Crippen MR) is 202 cm³/mol. The Morgan fingerprint density at radius 2 is 1.57 bits per heavy atom. The minimum Gasteiger partial charge on any atom is -0.358 e. The summed E-state index contributed by atoms with van der Waals surface area (Å²) in [7, 11) is 0. The van der Waals surface area contributed by atoms with Gasteiger partial charge in [-0.25, -0.2) is 0 Å². The number of nitrogens with one attached hydrogen (secondary N) is 1. The molecule has 0 amide bonds. The minimum atomic E-state index is 0.0412. The molecule has 4 nitrogen and oxygen atoms in total. The third kappa shape index (κ3) is 5.42. The first-order valence-electron chi connectivity index (χ1n) is 17.1. The number of anilines is 1. The molecule has 0 fully saturated rings.